The van der Waals surface area contributed by atoms with Crippen LogP contribution in [0.5, 0.6) is 0 Å². The van der Waals surface area contributed by atoms with Gasteiger partial charge in [-0.15, -0.1) is 0 Å². The number of piperidine rings is 1. The van der Waals surface area contributed by atoms with Gasteiger partial charge in [-0.05, 0) is 43.1 Å². The van der Waals surface area contributed by atoms with E-state index in [-0.39, 0.29) is 17.7 Å². The molecule has 11 heteroatoms. The Morgan fingerprint density at radius 1 is 1.26 bits per heavy atom. The van der Waals surface area contributed by atoms with Crippen molar-refractivity contribution in [2.24, 2.45) is 29.1 Å². The highest BCUT2D eigenvalue weighted by molar-refractivity contribution is 5.80. The van der Waals surface area contributed by atoms with Crippen LogP contribution in [0.1, 0.15) is 57.9 Å². The fourth-order valence-corrected chi connectivity index (χ4v) is 4.36. The molecule has 210 valence electrons. The molecule has 38 heavy (non-hydrogen) atoms. The van der Waals surface area contributed by atoms with Crippen molar-refractivity contribution in [3.05, 3.63) is 24.3 Å². The molecule has 1 aromatic heterocycles. The standard InChI is InChI=1S/C10H18N2O.C8H11N3O2.C5H4N2O.C4H10/c1-10(2)7-5-12(6-8(7)10)9(13)4-11-3;9-4-7(11-5-12)3-6-1-2-10-8(6)13;8-4-5-3-6-1-2-7-5;1-4(2)3/h7-8,11H,4-6H2,1-3H3;5-7H,1-3H2,(H,10,13)(H,11,12);1-4H;4H,1-3H3. The van der Waals surface area contributed by atoms with Crippen LogP contribution in [-0.2, 0) is 14.4 Å². The van der Waals surface area contributed by atoms with Crippen LogP contribution in [0.2, 0.25) is 0 Å². The van der Waals surface area contributed by atoms with E-state index in [2.05, 4.69) is 60.5 Å². The maximum atomic E-state index is 11.5. The summed E-state index contributed by atoms with van der Waals surface area (Å²) >= 11 is 0. The van der Waals surface area contributed by atoms with E-state index in [1.54, 1.807) is 0 Å². The Hall–Kier alpha value is -3.39. The molecule has 2 saturated heterocycles. The minimum Gasteiger partial charge on any atom is -0.356 e. The molecule has 3 aliphatic rings. The molecule has 0 radical (unpaired) electrons. The molecule has 3 N–H and O–H groups in total. The van der Waals surface area contributed by atoms with Crippen LogP contribution in [-0.4, -0.2) is 78.6 Å². The number of aldehydes is 1. The SMILES string of the molecule is CC(C)C.CNCC(=O)N1CC2C(C1)C2(C)C.N#CC(CC1CCNC1=O)NC=O.O=Cc1cnccn1. The molecular weight excluding hydrogens is 486 g/mol. The minimum atomic E-state index is -0.550. The van der Waals surface area contributed by atoms with Crippen LogP contribution in [0.3, 0.4) is 0 Å². The molecule has 4 rings (SSSR count). The first-order valence-corrected chi connectivity index (χ1v) is 13.0. The van der Waals surface area contributed by atoms with Gasteiger partial charge in [0.1, 0.15) is 11.7 Å². The fourth-order valence-electron chi connectivity index (χ4n) is 4.36. The van der Waals surface area contributed by atoms with Gasteiger partial charge in [0.25, 0.3) is 0 Å². The molecule has 0 bridgehead atoms. The first-order valence-electron chi connectivity index (χ1n) is 13.0. The number of nitrogens with zero attached hydrogens (tertiary/aromatic N) is 4. The lowest BCUT2D eigenvalue weighted by Crippen LogP contribution is -2.38. The van der Waals surface area contributed by atoms with Crippen molar-refractivity contribution in [3.63, 3.8) is 0 Å². The van der Waals surface area contributed by atoms with E-state index in [1.165, 1.54) is 18.6 Å². The zero-order chi connectivity index (χ0) is 28.7. The summed E-state index contributed by atoms with van der Waals surface area (Å²) in [7, 11) is 1.82. The monoisotopic (exact) mass is 529 g/mol. The number of likely N-dealkylation sites (tertiary alicyclic amines) is 1. The third-order valence-electron chi connectivity index (χ3n) is 6.61. The number of amides is 3. The van der Waals surface area contributed by atoms with Gasteiger partial charge in [0.05, 0.1) is 18.8 Å². The quantitative estimate of drug-likeness (QED) is 0.448. The van der Waals surface area contributed by atoms with Crippen molar-refractivity contribution in [2.45, 2.75) is 53.5 Å². The zero-order valence-corrected chi connectivity index (χ0v) is 23.4. The fraction of sp³-hybridized carbons (Fsp3) is 0.667. The van der Waals surface area contributed by atoms with Crippen molar-refractivity contribution in [2.75, 3.05) is 33.2 Å². The van der Waals surface area contributed by atoms with Crippen molar-refractivity contribution in [1.29, 1.82) is 5.26 Å². The predicted molar refractivity (Wildman–Crippen MR) is 144 cm³/mol. The molecule has 4 atom stereocenters. The van der Waals surface area contributed by atoms with Crippen molar-refractivity contribution >= 4 is 24.5 Å². The van der Waals surface area contributed by atoms with Crippen LogP contribution in [0.25, 0.3) is 0 Å². The molecule has 1 aliphatic carbocycles. The molecule has 0 spiro atoms. The largest absolute Gasteiger partial charge is 0.356 e. The highest BCUT2D eigenvalue weighted by Crippen LogP contribution is 2.61. The lowest BCUT2D eigenvalue weighted by Gasteiger charge is -2.21. The van der Waals surface area contributed by atoms with Gasteiger partial charge in [-0.2, -0.15) is 5.26 Å². The highest BCUT2D eigenvalue weighted by atomic mass is 16.2. The Kier molecular flexibility index (Phi) is 14.1. The summed E-state index contributed by atoms with van der Waals surface area (Å²) < 4.78 is 0. The summed E-state index contributed by atoms with van der Waals surface area (Å²) in [5, 5.41) is 16.5. The molecular formula is C27H43N7O4. The van der Waals surface area contributed by atoms with E-state index in [1.807, 2.05) is 18.0 Å². The molecule has 3 fully saturated rings. The molecule has 2 aliphatic heterocycles. The van der Waals surface area contributed by atoms with Crippen LogP contribution >= 0.6 is 0 Å². The maximum absolute atomic E-state index is 11.5. The zero-order valence-electron chi connectivity index (χ0n) is 23.4. The predicted octanol–water partition coefficient (Wildman–Crippen LogP) is 1.42. The van der Waals surface area contributed by atoms with Gasteiger partial charge >= 0.3 is 0 Å². The van der Waals surface area contributed by atoms with Gasteiger partial charge in [-0.25, -0.2) is 0 Å². The number of nitriles is 1. The maximum Gasteiger partial charge on any atom is 0.236 e. The number of carbonyl (C=O) groups is 4. The third kappa shape index (κ3) is 10.9. The molecule has 1 saturated carbocycles. The molecule has 3 amide bonds. The number of hydrogen-bond donors (Lipinski definition) is 3. The van der Waals surface area contributed by atoms with Gasteiger partial charge in [-0.3, -0.25) is 29.1 Å². The summed E-state index contributed by atoms with van der Waals surface area (Å²) in [6.45, 7) is 14.2. The first-order chi connectivity index (χ1) is 18.0. The van der Waals surface area contributed by atoms with E-state index in [0.717, 1.165) is 37.3 Å². The Morgan fingerprint density at radius 3 is 2.29 bits per heavy atom. The van der Waals surface area contributed by atoms with E-state index in [0.29, 0.717) is 43.3 Å². The van der Waals surface area contributed by atoms with Gasteiger partial charge < -0.3 is 20.9 Å². The summed E-state index contributed by atoms with van der Waals surface area (Å²) in [5.41, 5.74) is 0.878. The second kappa shape index (κ2) is 16.5. The topological polar surface area (TPSA) is 157 Å². The number of fused-ring (bicyclic) bond motifs is 1. The number of nitrogens with one attached hydrogen (secondary N) is 3. The van der Waals surface area contributed by atoms with E-state index in [9.17, 15) is 19.2 Å². The summed E-state index contributed by atoms with van der Waals surface area (Å²) in [6.07, 6.45) is 6.70. The normalized spacial score (nSPS) is 22.4. The smallest absolute Gasteiger partial charge is 0.236 e. The summed E-state index contributed by atoms with van der Waals surface area (Å²) in [6, 6.07) is 1.38. The van der Waals surface area contributed by atoms with Gasteiger partial charge in [0.2, 0.25) is 18.2 Å². The Morgan fingerprint density at radius 2 is 1.89 bits per heavy atom. The number of hydrogen-bond acceptors (Lipinski definition) is 8. The average molecular weight is 530 g/mol. The minimum absolute atomic E-state index is 0.0204. The number of likely N-dealkylation sites (N-methyl/N-ethyl adjacent to an activating group) is 1. The summed E-state index contributed by atoms with van der Waals surface area (Å²) in [5.74, 6) is 2.48. The summed E-state index contributed by atoms with van der Waals surface area (Å²) in [4.78, 5) is 51.9. The third-order valence-corrected chi connectivity index (χ3v) is 6.61. The van der Waals surface area contributed by atoms with E-state index >= 15 is 0 Å². The van der Waals surface area contributed by atoms with Crippen molar-refractivity contribution < 1.29 is 19.2 Å². The second-order valence-corrected chi connectivity index (χ2v) is 10.8. The molecule has 11 nitrogen and oxygen atoms in total. The van der Waals surface area contributed by atoms with Crippen LogP contribution in [0.4, 0.5) is 0 Å². The Balaban J connectivity index is 0.000000273. The van der Waals surface area contributed by atoms with Gasteiger partial charge in [0.15, 0.2) is 6.29 Å². The first kappa shape index (κ1) is 32.6. The van der Waals surface area contributed by atoms with Crippen molar-refractivity contribution in [1.82, 2.24) is 30.8 Å². The molecule has 1 aromatic rings. The average Bonchev–Trinajstić information content (AvgIpc) is 3.28. The van der Waals surface area contributed by atoms with E-state index in [4.69, 9.17) is 5.26 Å². The Bertz CT molecular complexity index is 916. The molecule has 0 aromatic carbocycles. The van der Waals surface area contributed by atoms with Crippen LogP contribution < -0.4 is 16.0 Å². The van der Waals surface area contributed by atoms with Crippen LogP contribution in [0, 0.1) is 40.4 Å². The number of rotatable bonds is 7. The highest BCUT2D eigenvalue weighted by Gasteiger charge is 2.62. The Labute approximate surface area is 226 Å². The lowest BCUT2D eigenvalue weighted by atomic mass is 9.99. The lowest BCUT2D eigenvalue weighted by molar-refractivity contribution is -0.130. The van der Waals surface area contributed by atoms with Gasteiger partial charge in [0, 0.05) is 37.9 Å². The number of carbonyl (C=O) groups excluding carboxylic acids is 4. The van der Waals surface area contributed by atoms with E-state index < -0.39 is 6.04 Å². The second-order valence-electron chi connectivity index (χ2n) is 10.8. The molecule has 4 unspecified atom stereocenters. The van der Waals surface area contributed by atoms with Crippen molar-refractivity contribution in [3.8, 4) is 6.07 Å². The van der Waals surface area contributed by atoms with Crippen LogP contribution in [0.15, 0.2) is 18.6 Å². The van der Waals surface area contributed by atoms with Gasteiger partial charge in [-0.1, -0.05) is 34.6 Å². The number of aromatic nitrogens is 2. The molecule has 3 heterocycles.